The predicted octanol–water partition coefficient (Wildman–Crippen LogP) is 3.95. The number of esters is 1. The molecule has 0 saturated heterocycles. The molecule has 1 heterocycles. The molecule has 1 aromatic carbocycles. The molecule has 0 aromatic heterocycles. The molecule has 1 unspecified atom stereocenters. The fourth-order valence-corrected chi connectivity index (χ4v) is 2.48. The van der Waals surface area contributed by atoms with E-state index in [0.29, 0.717) is 21.8 Å². The Hall–Kier alpha value is -1.69. The van der Waals surface area contributed by atoms with E-state index in [1.54, 1.807) is 13.0 Å². The van der Waals surface area contributed by atoms with Crippen LogP contribution in [0.5, 0.6) is 0 Å². The average Bonchev–Trinajstić information content (AvgIpc) is 2.36. The standard InChI is InChI=1S/C14H13ClF3NO2/c1-3-21-13(20)10-6-8-5-9(15)4-7(2)11(8)19-12(10)14(16,17)18/h4-6,12,19H,3H2,1-2H3. The van der Waals surface area contributed by atoms with Gasteiger partial charge >= 0.3 is 12.1 Å². The first-order valence-corrected chi connectivity index (χ1v) is 6.64. The highest BCUT2D eigenvalue weighted by Crippen LogP contribution is 2.38. The van der Waals surface area contributed by atoms with Crippen LogP contribution >= 0.6 is 11.6 Å². The summed E-state index contributed by atoms with van der Waals surface area (Å²) in [5, 5.41) is 2.76. The van der Waals surface area contributed by atoms with E-state index >= 15 is 0 Å². The first-order valence-electron chi connectivity index (χ1n) is 6.26. The Morgan fingerprint density at radius 3 is 2.67 bits per heavy atom. The maximum absolute atomic E-state index is 13.2. The van der Waals surface area contributed by atoms with E-state index in [0.717, 1.165) is 0 Å². The number of ether oxygens (including phenoxy) is 1. The van der Waals surface area contributed by atoms with Crippen LogP contribution in [0, 0.1) is 6.92 Å². The van der Waals surface area contributed by atoms with Crippen LogP contribution in [0.2, 0.25) is 5.02 Å². The van der Waals surface area contributed by atoms with Crippen LogP contribution in [0.1, 0.15) is 18.1 Å². The Kier molecular flexibility index (Phi) is 4.18. The fourth-order valence-electron chi connectivity index (χ4n) is 2.20. The molecular weight excluding hydrogens is 307 g/mol. The molecule has 7 heteroatoms. The maximum Gasteiger partial charge on any atom is 0.413 e. The highest BCUT2D eigenvalue weighted by Gasteiger charge is 2.46. The summed E-state index contributed by atoms with van der Waals surface area (Å²) < 4.78 is 44.2. The van der Waals surface area contributed by atoms with Gasteiger partial charge in [-0.05, 0) is 43.2 Å². The van der Waals surface area contributed by atoms with Crippen LogP contribution in [-0.2, 0) is 9.53 Å². The number of anilines is 1. The van der Waals surface area contributed by atoms with Gasteiger partial charge in [-0.15, -0.1) is 0 Å². The second kappa shape index (κ2) is 5.60. The summed E-state index contributed by atoms with van der Waals surface area (Å²) in [5.41, 5.74) is 0.850. The number of carbonyl (C=O) groups excluding carboxylic acids is 1. The number of hydrogen-bond acceptors (Lipinski definition) is 3. The predicted molar refractivity (Wildman–Crippen MR) is 74.3 cm³/mol. The molecule has 0 saturated carbocycles. The number of benzene rings is 1. The van der Waals surface area contributed by atoms with E-state index in [2.05, 4.69) is 5.32 Å². The molecule has 21 heavy (non-hydrogen) atoms. The Balaban J connectivity index is 2.55. The summed E-state index contributed by atoms with van der Waals surface area (Å²) in [5.74, 6) is -0.990. The number of rotatable bonds is 2. The average molecular weight is 320 g/mol. The second-order valence-corrected chi connectivity index (χ2v) is 5.06. The van der Waals surface area contributed by atoms with E-state index in [1.165, 1.54) is 19.1 Å². The maximum atomic E-state index is 13.2. The molecule has 114 valence electrons. The van der Waals surface area contributed by atoms with Crippen molar-refractivity contribution in [3.8, 4) is 0 Å². The quantitative estimate of drug-likeness (QED) is 0.839. The van der Waals surface area contributed by atoms with Gasteiger partial charge in [0.05, 0.1) is 12.2 Å². The van der Waals surface area contributed by atoms with Crippen molar-refractivity contribution < 1.29 is 22.7 Å². The van der Waals surface area contributed by atoms with Gasteiger partial charge in [-0.2, -0.15) is 13.2 Å². The van der Waals surface area contributed by atoms with E-state index < -0.39 is 23.8 Å². The van der Waals surface area contributed by atoms with Gasteiger partial charge in [-0.25, -0.2) is 4.79 Å². The summed E-state index contributed by atoms with van der Waals surface area (Å²) in [4.78, 5) is 11.8. The molecule has 1 N–H and O–H groups in total. The molecular formula is C14H13ClF3NO2. The van der Waals surface area contributed by atoms with Crippen molar-refractivity contribution in [1.29, 1.82) is 0 Å². The molecule has 1 atom stereocenters. The number of aryl methyl sites for hydroxylation is 1. The lowest BCUT2D eigenvalue weighted by molar-refractivity contribution is -0.150. The van der Waals surface area contributed by atoms with Crippen molar-refractivity contribution in [3.05, 3.63) is 33.9 Å². The summed E-state index contributed by atoms with van der Waals surface area (Å²) in [6.45, 7) is 3.18. The van der Waals surface area contributed by atoms with Crippen molar-refractivity contribution in [2.45, 2.75) is 26.1 Å². The van der Waals surface area contributed by atoms with Crippen LogP contribution in [0.25, 0.3) is 6.08 Å². The number of fused-ring (bicyclic) bond motifs is 1. The third-order valence-electron chi connectivity index (χ3n) is 3.08. The minimum atomic E-state index is -4.61. The first kappa shape index (κ1) is 15.7. The summed E-state index contributed by atoms with van der Waals surface area (Å²) in [6.07, 6.45) is -3.43. The molecule has 0 radical (unpaired) electrons. The normalized spacial score (nSPS) is 17.6. The van der Waals surface area contributed by atoms with Crippen LogP contribution in [0.3, 0.4) is 0 Å². The highest BCUT2D eigenvalue weighted by atomic mass is 35.5. The summed E-state index contributed by atoms with van der Waals surface area (Å²) >= 11 is 5.90. The van der Waals surface area contributed by atoms with Gasteiger partial charge in [0.25, 0.3) is 0 Å². The Morgan fingerprint density at radius 2 is 2.10 bits per heavy atom. The van der Waals surface area contributed by atoms with Crippen molar-refractivity contribution in [2.24, 2.45) is 0 Å². The molecule has 1 aliphatic rings. The van der Waals surface area contributed by atoms with Crippen LogP contribution in [0.15, 0.2) is 17.7 Å². The molecule has 0 fully saturated rings. The smallest absolute Gasteiger partial charge is 0.413 e. The molecule has 0 bridgehead atoms. The van der Waals surface area contributed by atoms with Crippen molar-refractivity contribution in [1.82, 2.24) is 0 Å². The largest absolute Gasteiger partial charge is 0.463 e. The van der Waals surface area contributed by atoms with Crippen molar-refractivity contribution in [2.75, 3.05) is 11.9 Å². The Labute approximate surface area is 124 Å². The van der Waals surface area contributed by atoms with Gasteiger partial charge in [0.1, 0.15) is 0 Å². The van der Waals surface area contributed by atoms with E-state index in [9.17, 15) is 18.0 Å². The molecule has 1 aromatic rings. The summed E-state index contributed by atoms with van der Waals surface area (Å²) in [6, 6.07) is 0.969. The molecule has 0 aliphatic carbocycles. The van der Waals surface area contributed by atoms with Gasteiger partial charge in [0.2, 0.25) is 0 Å². The van der Waals surface area contributed by atoms with Crippen molar-refractivity contribution >= 4 is 29.3 Å². The topological polar surface area (TPSA) is 38.3 Å². The highest BCUT2D eigenvalue weighted by molar-refractivity contribution is 6.31. The third-order valence-corrected chi connectivity index (χ3v) is 3.30. The van der Waals surface area contributed by atoms with E-state index in [4.69, 9.17) is 16.3 Å². The fraction of sp³-hybridized carbons (Fsp3) is 0.357. The van der Waals surface area contributed by atoms with Gasteiger partial charge in [0.15, 0.2) is 6.04 Å². The lowest BCUT2D eigenvalue weighted by atomic mass is 9.95. The van der Waals surface area contributed by atoms with Gasteiger partial charge in [0, 0.05) is 10.7 Å². The molecule has 0 spiro atoms. The minimum absolute atomic E-state index is 0.00216. The minimum Gasteiger partial charge on any atom is -0.463 e. The zero-order chi connectivity index (χ0) is 15.8. The lowest BCUT2D eigenvalue weighted by Gasteiger charge is -2.30. The molecule has 1 aliphatic heterocycles. The second-order valence-electron chi connectivity index (χ2n) is 4.63. The first-order chi connectivity index (χ1) is 9.74. The Bertz CT molecular complexity index is 611. The molecule has 2 rings (SSSR count). The van der Waals surface area contributed by atoms with Gasteiger partial charge in [-0.1, -0.05) is 11.6 Å². The zero-order valence-electron chi connectivity index (χ0n) is 11.3. The number of halogens is 4. The van der Waals surface area contributed by atoms with E-state index in [-0.39, 0.29) is 6.61 Å². The summed E-state index contributed by atoms with van der Waals surface area (Å²) in [7, 11) is 0. The number of carbonyl (C=O) groups is 1. The molecule has 3 nitrogen and oxygen atoms in total. The van der Waals surface area contributed by atoms with Crippen LogP contribution in [0.4, 0.5) is 18.9 Å². The third kappa shape index (κ3) is 3.15. The van der Waals surface area contributed by atoms with Crippen LogP contribution < -0.4 is 5.32 Å². The van der Waals surface area contributed by atoms with Gasteiger partial charge < -0.3 is 10.1 Å². The van der Waals surface area contributed by atoms with Gasteiger partial charge in [-0.3, -0.25) is 0 Å². The zero-order valence-corrected chi connectivity index (χ0v) is 12.1. The van der Waals surface area contributed by atoms with E-state index in [1.807, 2.05) is 0 Å². The SMILES string of the molecule is CCOC(=O)C1=Cc2cc(Cl)cc(C)c2NC1C(F)(F)F. The molecule has 0 amide bonds. The number of hydrogen-bond donors (Lipinski definition) is 1. The van der Waals surface area contributed by atoms with Crippen LogP contribution in [-0.4, -0.2) is 24.8 Å². The van der Waals surface area contributed by atoms with Crippen molar-refractivity contribution in [3.63, 3.8) is 0 Å². The number of nitrogens with one attached hydrogen (secondary N) is 1. The monoisotopic (exact) mass is 319 g/mol. The Morgan fingerprint density at radius 1 is 1.43 bits per heavy atom. The number of alkyl halides is 3. The lowest BCUT2D eigenvalue weighted by Crippen LogP contribution is -2.42.